The first kappa shape index (κ1) is 22.7. The van der Waals surface area contributed by atoms with Crippen LogP contribution in [0.2, 0.25) is 0 Å². The highest BCUT2D eigenvalue weighted by molar-refractivity contribution is 5.92. The van der Waals surface area contributed by atoms with E-state index < -0.39 is 0 Å². The molecule has 2 aliphatic heterocycles. The van der Waals surface area contributed by atoms with Crippen molar-refractivity contribution in [2.45, 2.75) is 0 Å². The van der Waals surface area contributed by atoms with E-state index in [2.05, 4.69) is 49.2 Å². The lowest BCUT2D eigenvalue weighted by Crippen LogP contribution is -2.03. The first-order valence-corrected chi connectivity index (χ1v) is 12.7. The molecule has 2 aromatic carbocycles. The fourth-order valence-electron chi connectivity index (χ4n) is 4.81. The Labute approximate surface area is 223 Å². The smallest absolute Gasteiger partial charge is 0.197 e. The molecule has 8 bridgehead atoms. The molecule has 0 atom stereocenters. The predicted octanol–water partition coefficient (Wildman–Crippen LogP) is 7.34. The number of benzene rings is 2. The number of pyridine rings is 1. The van der Waals surface area contributed by atoms with Gasteiger partial charge in [0, 0.05) is 43.9 Å². The average molecular weight is 506 g/mol. The van der Waals surface area contributed by atoms with Crippen LogP contribution in [0, 0.1) is 0 Å². The van der Waals surface area contributed by atoms with Crippen LogP contribution in [-0.4, -0.2) is 24.9 Å². The molecule has 39 heavy (non-hydrogen) atoms. The van der Waals surface area contributed by atoms with Crippen molar-refractivity contribution in [3.63, 3.8) is 0 Å². The standard InChI is InChI=1S/C20H14N4.C13H9NO/c1-2-14-10-16-5-6-18(23-16)12-20-8-7-19(24-20)11-17-4-3-15(22-17)9-13(1)21-14;15-13-9-5-1-3-7-11(9)14-12-8-4-2-6-10(12)13/h1-12,21,24H;1-8H,(H,14,15). The van der Waals surface area contributed by atoms with Crippen LogP contribution in [0.1, 0.15) is 22.8 Å². The maximum absolute atomic E-state index is 12.1. The van der Waals surface area contributed by atoms with Crippen LogP contribution >= 0.6 is 0 Å². The molecule has 0 amide bonds. The Hall–Kier alpha value is -5.49. The summed E-state index contributed by atoms with van der Waals surface area (Å²) in [6, 6.07) is 31.5. The third-order valence-corrected chi connectivity index (χ3v) is 6.65. The highest BCUT2D eigenvalue weighted by Crippen LogP contribution is 2.17. The van der Waals surface area contributed by atoms with Crippen molar-refractivity contribution in [3.8, 4) is 0 Å². The first-order valence-electron chi connectivity index (χ1n) is 12.7. The molecule has 186 valence electrons. The number of nitrogens with one attached hydrogen (secondary N) is 3. The molecule has 0 radical (unpaired) electrons. The summed E-state index contributed by atoms with van der Waals surface area (Å²) in [6.45, 7) is 0. The molecule has 4 aromatic heterocycles. The average Bonchev–Trinajstić information content (AvgIpc) is 3.76. The predicted molar refractivity (Wildman–Crippen MR) is 161 cm³/mol. The number of hydrogen-bond acceptors (Lipinski definition) is 3. The van der Waals surface area contributed by atoms with Crippen molar-refractivity contribution in [3.05, 3.63) is 130 Å². The summed E-state index contributed by atoms with van der Waals surface area (Å²) in [7, 11) is 0. The number of para-hydroxylation sites is 2. The summed E-state index contributed by atoms with van der Waals surface area (Å²) >= 11 is 0. The molecule has 6 heterocycles. The van der Waals surface area contributed by atoms with Gasteiger partial charge in [0.1, 0.15) is 0 Å². The summed E-state index contributed by atoms with van der Waals surface area (Å²) in [5, 5.41) is 1.49. The Morgan fingerprint density at radius 3 is 1.18 bits per heavy atom. The van der Waals surface area contributed by atoms with Gasteiger partial charge in [0.2, 0.25) is 0 Å². The molecule has 0 spiro atoms. The minimum absolute atomic E-state index is 0.0972. The molecule has 6 heteroatoms. The van der Waals surface area contributed by atoms with Crippen molar-refractivity contribution < 1.29 is 0 Å². The Balaban J connectivity index is 0.000000145. The van der Waals surface area contributed by atoms with Gasteiger partial charge in [0.15, 0.2) is 5.43 Å². The Kier molecular flexibility index (Phi) is 5.49. The van der Waals surface area contributed by atoms with Crippen molar-refractivity contribution in [1.82, 2.24) is 24.9 Å². The van der Waals surface area contributed by atoms with Crippen molar-refractivity contribution in [2.75, 3.05) is 0 Å². The minimum atomic E-state index is 0.0972. The number of rotatable bonds is 0. The van der Waals surface area contributed by atoms with Gasteiger partial charge in [-0.05, 0) is 97.1 Å². The number of hydrogen-bond donors (Lipinski definition) is 3. The quantitative estimate of drug-likeness (QED) is 0.188. The number of H-pyrrole nitrogens is 3. The maximum Gasteiger partial charge on any atom is 0.197 e. The third kappa shape index (κ3) is 4.67. The zero-order valence-electron chi connectivity index (χ0n) is 20.8. The first-order chi connectivity index (χ1) is 19.2. The summed E-state index contributed by atoms with van der Waals surface area (Å²) in [5.41, 5.74) is 9.74. The van der Waals surface area contributed by atoms with E-state index in [9.17, 15) is 4.79 Å². The van der Waals surface area contributed by atoms with E-state index in [4.69, 9.17) is 0 Å². The lowest BCUT2D eigenvalue weighted by Gasteiger charge is -2.01. The third-order valence-electron chi connectivity index (χ3n) is 6.65. The number of aromatic nitrogens is 5. The molecule has 6 aromatic rings. The highest BCUT2D eigenvalue weighted by atomic mass is 16.1. The Morgan fingerprint density at radius 1 is 0.436 bits per heavy atom. The van der Waals surface area contributed by atoms with Gasteiger partial charge in [-0.2, -0.15) is 0 Å². The Morgan fingerprint density at radius 2 is 0.795 bits per heavy atom. The maximum atomic E-state index is 12.1. The summed E-state index contributed by atoms with van der Waals surface area (Å²) in [6.07, 6.45) is 8.09. The van der Waals surface area contributed by atoms with Crippen LogP contribution in [0.25, 0.3) is 68.2 Å². The van der Waals surface area contributed by atoms with E-state index in [0.717, 1.165) is 66.6 Å². The highest BCUT2D eigenvalue weighted by Gasteiger charge is 2.03. The van der Waals surface area contributed by atoms with E-state index in [-0.39, 0.29) is 5.43 Å². The lowest BCUT2D eigenvalue weighted by molar-refractivity contribution is 1.31. The van der Waals surface area contributed by atoms with Gasteiger partial charge >= 0.3 is 0 Å². The van der Waals surface area contributed by atoms with Crippen molar-refractivity contribution >= 4 is 68.2 Å². The Bertz CT molecular complexity index is 1930. The normalized spacial score (nSPS) is 12.0. The number of aromatic amines is 3. The van der Waals surface area contributed by atoms with E-state index in [1.807, 2.05) is 97.1 Å². The van der Waals surface area contributed by atoms with Gasteiger partial charge < -0.3 is 15.0 Å². The van der Waals surface area contributed by atoms with Crippen LogP contribution in [0.15, 0.2) is 102 Å². The number of nitrogens with zero attached hydrogens (tertiary/aromatic N) is 2. The fraction of sp³-hybridized carbons (Fsp3) is 0. The van der Waals surface area contributed by atoms with E-state index in [1.165, 1.54) is 0 Å². The summed E-state index contributed by atoms with van der Waals surface area (Å²) < 4.78 is 0. The SMILES string of the molecule is C1=Cc2cc3ccc(cc4nc(cc5ccc(cc1n2)[nH]5)C=C4)[nH]3.O=c1c2ccccc2[nH]c2ccccc12. The molecule has 3 N–H and O–H groups in total. The van der Waals surface area contributed by atoms with E-state index >= 15 is 0 Å². The molecule has 8 rings (SSSR count). The molecule has 0 unspecified atom stereocenters. The molecular weight excluding hydrogens is 482 g/mol. The molecular formula is C33H23N5O. The second-order valence-electron chi connectivity index (χ2n) is 9.45. The topological polar surface area (TPSA) is 90.2 Å². The lowest BCUT2D eigenvalue weighted by atomic mass is 10.1. The summed E-state index contributed by atoms with van der Waals surface area (Å²) in [5.74, 6) is 0. The van der Waals surface area contributed by atoms with Gasteiger partial charge in [-0.15, -0.1) is 0 Å². The second kappa shape index (κ2) is 9.43. The van der Waals surface area contributed by atoms with Crippen LogP contribution in [0.3, 0.4) is 0 Å². The van der Waals surface area contributed by atoms with Gasteiger partial charge in [0.25, 0.3) is 0 Å². The van der Waals surface area contributed by atoms with Gasteiger partial charge in [-0.1, -0.05) is 24.3 Å². The molecule has 0 saturated heterocycles. The van der Waals surface area contributed by atoms with E-state index in [1.54, 1.807) is 0 Å². The monoisotopic (exact) mass is 505 g/mol. The second-order valence-corrected chi connectivity index (χ2v) is 9.45. The van der Waals surface area contributed by atoms with Gasteiger partial charge in [-0.3, -0.25) is 4.79 Å². The summed E-state index contributed by atoms with van der Waals surface area (Å²) in [4.78, 5) is 31.3. The minimum Gasteiger partial charge on any atom is -0.355 e. The largest absolute Gasteiger partial charge is 0.355 e. The molecule has 0 fully saturated rings. The zero-order valence-corrected chi connectivity index (χ0v) is 20.8. The molecule has 0 aliphatic carbocycles. The number of fused-ring (bicyclic) bond motifs is 10. The van der Waals surface area contributed by atoms with Crippen molar-refractivity contribution in [2.24, 2.45) is 0 Å². The molecule has 6 nitrogen and oxygen atoms in total. The van der Waals surface area contributed by atoms with Gasteiger partial charge in [-0.25, -0.2) is 9.97 Å². The molecule has 0 saturated carbocycles. The van der Waals surface area contributed by atoms with Crippen LogP contribution in [-0.2, 0) is 0 Å². The van der Waals surface area contributed by atoms with Crippen LogP contribution < -0.4 is 5.43 Å². The van der Waals surface area contributed by atoms with Gasteiger partial charge in [0.05, 0.1) is 22.8 Å². The van der Waals surface area contributed by atoms with E-state index in [0.29, 0.717) is 0 Å². The van der Waals surface area contributed by atoms with Crippen LogP contribution in [0.4, 0.5) is 0 Å². The fourth-order valence-corrected chi connectivity index (χ4v) is 4.81. The molecule has 2 aliphatic rings. The van der Waals surface area contributed by atoms with Crippen molar-refractivity contribution in [1.29, 1.82) is 0 Å². The zero-order chi connectivity index (χ0) is 26.2. The van der Waals surface area contributed by atoms with Crippen LogP contribution in [0.5, 0.6) is 0 Å².